The summed E-state index contributed by atoms with van der Waals surface area (Å²) in [4.78, 5) is 8.33. The molecule has 0 aliphatic heterocycles. The van der Waals surface area contributed by atoms with Crippen molar-refractivity contribution in [2.24, 2.45) is 0 Å². The smallest absolute Gasteiger partial charge is 0.0973 e. The molecule has 26 heavy (non-hydrogen) atoms. The summed E-state index contributed by atoms with van der Waals surface area (Å²) in [5, 5.41) is 16.7. The van der Waals surface area contributed by atoms with E-state index in [0.29, 0.717) is 0 Å². The lowest BCUT2D eigenvalue weighted by Gasteiger charge is -2.30. The first-order valence-corrected chi connectivity index (χ1v) is 8.30. The summed E-state index contributed by atoms with van der Waals surface area (Å²) in [5.74, 6) is 0. The number of carbonyl (C=O) groups is 1. The molecule has 0 atom stereocenters. The molecule has 0 fully saturated rings. The minimum absolute atomic E-state index is 0.927. The van der Waals surface area contributed by atoms with E-state index in [1.165, 1.54) is 0 Å². The molecule has 0 amide bonds. The first-order chi connectivity index (χ1) is 12.1. The molecule has 0 saturated carbocycles. The Morgan fingerprint density at radius 3 is 0.808 bits per heavy atom. The Morgan fingerprint density at radius 2 is 0.731 bits per heavy atom. The lowest BCUT2D eigenvalue weighted by Crippen LogP contribution is -2.44. The fourth-order valence-electron chi connectivity index (χ4n) is 2.32. The van der Waals surface area contributed by atoms with Crippen molar-refractivity contribution in [2.45, 2.75) is 0 Å². The maximum atomic E-state index is 8.33. The van der Waals surface area contributed by atoms with Crippen LogP contribution in [0.3, 0.4) is 0 Å². The molecule has 0 aromatic rings. The summed E-state index contributed by atoms with van der Waals surface area (Å²) in [6.45, 7) is 28.2. The Hall–Kier alpha value is -2.37. The summed E-state index contributed by atoms with van der Waals surface area (Å²) in [6.07, 6.45) is 9.29. The molecule has 0 saturated heterocycles. The average molecular weight is 365 g/mol. The number of likely N-dealkylation sites (N-methyl/N-ethyl adjacent to an activating group) is 2. The highest BCUT2D eigenvalue weighted by Gasteiger charge is 2.15. The Labute approximate surface area is 160 Å². The molecule has 0 heterocycles. The third kappa shape index (κ3) is 19.7. The normalized spacial score (nSPS) is 9.92. The third-order valence-electron chi connectivity index (χ3n) is 3.42. The lowest BCUT2D eigenvalue weighted by atomic mass is 10.3. The van der Waals surface area contributed by atoms with Crippen LogP contribution in [0, 0.1) is 0 Å². The van der Waals surface area contributed by atoms with Crippen molar-refractivity contribution in [2.75, 3.05) is 53.4 Å². The van der Waals surface area contributed by atoms with Gasteiger partial charge in [-0.15, -0.1) is 0 Å². The lowest BCUT2D eigenvalue weighted by molar-refractivity contribution is -0.892. The Balaban J connectivity index is -0.000000338. The van der Waals surface area contributed by atoms with Gasteiger partial charge in [0.2, 0.25) is 0 Å². The van der Waals surface area contributed by atoms with Crippen LogP contribution in [-0.4, -0.2) is 68.5 Å². The highest BCUT2D eigenvalue weighted by atomic mass is 16.6. The molecule has 0 N–H and O–H groups in total. The molecular formula is C21H36N2O3. The van der Waals surface area contributed by atoms with Gasteiger partial charge in [-0.1, -0.05) is 39.5 Å². The van der Waals surface area contributed by atoms with Crippen molar-refractivity contribution in [1.29, 1.82) is 0 Å². The van der Waals surface area contributed by atoms with E-state index in [1.54, 1.807) is 0 Å². The van der Waals surface area contributed by atoms with Crippen LogP contribution in [0.5, 0.6) is 0 Å². The van der Waals surface area contributed by atoms with E-state index in [0.717, 1.165) is 48.2 Å². The van der Waals surface area contributed by atoms with E-state index in [9.17, 15) is 0 Å². The molecule has 5 heteroatoms. The van der Waals surface area contributed by atoms with Crippen molar-refractivity contribution < 1.29 is 24.0 Å². The van der Waals surface area contributed by atoms with Gasteiger partial charge in [0.1, 0.15) is 0 Å². The van der Waals surface area contributed by atoms with Crippen LogP contribution in [0.2, 0.25) is 0 Å². The van der Waals surface area contributed by atoms with Crippen LogP contribution >= 0.6 is 0 Å². The van der Waals surface area contributed by atoms with Gasteiger partial charge in [-0.05, 0) is 42.6 Å². The highest BCUT2D eigenvalue weighted by Crippen LogP contribution is 2.02. The molecular weight excluding hydrogens is 328 g/mol. The average Bonchev–Trinajstić information content (AvgIpc) is 2.48. The summed E-state index contributed by atoms with van der Waals surface area (Å²) >= 11 is 0. The second-order valence-electron chi connectivity index (χ2n) is 6.32. The molecule has 148 valence electrons. The Morgan fingerprint density at radius 1 is 0.615 bits per heavy atom. The topological polar surface area (TPSA) is 63.2 Å². The standard InChI is InChI=1S/2C10H18N.CH2O3/c2*1-5-8-11(4,9-6-2)10-7-3;2-1(3)4/h2*5-7H,1-3,8-10H2,4H3;(H2,2,3,4)/q2*+1;/p-2. The zero-order chi connectivity index (χ0) is 21.1. The molecule has 0 unspecified atom stereocenters. The summed E-state index contributed by atoms with van der Waals surface area (Å²) in [6, 6.07) is 0. The zero-order valence-electron chi connectivity index (χ0n) is 16.6. The van der Waals surface area contributed by atoms with E-state index in [1.807, 2.05) is 36.5 Å². The predicted octanol–water partition coefficient (Wildman–Crippen LogP) is 1.54. The van der Waals surface area contributed by atoms with Crippen LogP contribution in [0.25, 0.3) is 0 Å². The molecule has 0 bridgehead atoms. The highest BCUT2D eigenvalue weighted by molar-refractivity contribution is 5.47. The molecule has 0 aromatic heterocycles. The SMILES string of the molecule is C=CC[N+](C)(CC=C)CC=C.C=CC[N+](C)(CC=C)CC=C.O=C([O-])[O-]. The van der Waals surface area contributed by atoms with Crippen LogP contribution < -0.4 is 10.2 Å². The van der Waals surface area contributed by atoms with Crippen molar-refractivity contribution >= 4 is 6.16 Å². The van der Waals surface area contributed by atoms with Gasteiger partial charge < -0.3 is 24.0 Å². The zero-order valence-corrected chi connectivity index (χ0v) is 16.6. The number of quaternary nitrogens is 2. The first kappa shape index (κ1) is 28.4. The van der Waals surface area contributed by atoms with E-state index < -0.39 is 6.16 Å². The van der Waals surface area contributed by atoms with Crippen LogP contribution in [-0.2, 0) is 0 Å². The van der Waals surface area contributed by atoms with E-state index in [-0.39, 0.29) is 0 Å². The molecule has 5 nitrogen and oxygen atoms in total. The number of hydrogen-bond donors (Lipinski definition) is 0. The van der Waals surface area contributed by atoms with Gasteiger partial charge in [-0.25, -0.2) is 0 Å². The molecule has 0 aliphatic rings. The molecule has 0 aromatic carbocycles. The minimum atomic E-state index is -2.33. The van der Waals surface area contributed by atoms with Gasteiger partial charge in [0.25, 0.3) is 0 Å². The number of carboxylic acid groups (broad SMARTS) is 2. The molecule has 0 radical (unpaired) electrons. The van der Waals surface area contributed by atoms with Crippen molar-refractivity contribution in [3.05, 3.63) is 75.9 Å². The van der Waals surface area contributed by atoms with Gasteiger partial charge in [0.05, 0.1) is 53.4 Å². The van der Waals surface area contributed by atoms with Gasteiger partial charge in [-0.3, -0.25) is 0 Å². The number of hydrogen-bond acceptors (Lipinski definition) is 3. The fraction of sp³-hybridized carbons (Fsp3) is 0.381. The maximum Gasteiger partial charge on any atom is 0.0973 e. The van der Waals surface area contributed by atoms with Gasteiger partial charge >= 0.3 is 0 Å². The monoisotopic (exact) mass is 364 g/mol. The second-order valence-corrected chi connectivity index (χ2v) is 6.32. The summed E-state index contributed by atoms with van der Waals surface area (Å²) < 4.78 is 1.85. The second kappa shape index (κ2) is 17.5. The van der Waals surface area contributed by atoms with Crippen LogP contribution in [0.4, 0.5) is 4.79 Å². The third-order valence-corrected chi connectivity index (χ3v) is 3.42. The fourth-order valence-corrected chi connectivity index (χ4v) is 2.32. The predicted molar refractivity (Wildman–Crippen MR) is 108 cm³/mol. The van der Waals surface area contributed by atoms with Gasteiger partial charge in [0, 0.05) is 0 Å². The molecule has 0 rings (SSSR count). The van der Waals surface area contributed by atoms with Gasteiger partial charge in [-0.2, -0.15) is 0 Å². The Kier molecular flexibility index (Phi) is 19.1. The molecule has 0 aliphatic carbocycles. The largest absolute Gasteiger partial charge is 0.652 e. The minimum Gasteiger partial charge on any atom is -0.652 e. The van der Waals surface area contributed by atoms with Crippen molar-refractivity contribution in [3.8, 4) is 0 Å². The summed E-state index contributed by atoms with van der Waals surface area (Å²) in [5.41, 5.74) is 0. The van der Waals surface area contributed by atoms with E-state index in [4.69, 9.17) is 15.0 Å². The van der Waals surface area contributed by atoms with Crippen LogP contribution in [0.1, 0.15) is 0 Å². The maximum absolute atomic E-state index is 8.33. The van der Waals surface area contributed by atoms with Gasteiger partial charge in [0.15, 0.2) is 0 Å². The molecule has 0 spiro atoms. The quantitative estimate of drug-likeness (QED) is 0.390. The van der Waals surface area contributed by atoms with Crippen LogP contribution in [0.15, 0.2) is 75.9 Å². The Bertz CT molecular complexity index is 363. The van der Waals surface area contributed by atoms with E-state index in [2.05, 4.69) is 53.6 Å². The van der Waals surface area contributed by atoms with E-state index >= 15 is 0 Å². The first-order valence-electron chi connectivity index (χ1n) is 8.30. The number of carbonyl (C=O) groups excluding carboxylic acids is 1. The number of rotatable bonds is 12. The van der Waals surface area contributed by atoms with Crippen molar-refractivity contribution in [3.63, 3.8) is 0 Å². The number of nitrogens with zero attached hydrogens (tertiary/aromatic N) is 2. The summed E-state index contributed by atoms with van der Waals surface area (Å²) in [7, 11) is 4.34. The van der Waals surface area contributed by atoms with Crippen molar-refractivity contribution in [1.82, 2.24) is 0 Å².